The highest BCUT2D eigenvalue weighted by molar-refractivity contribution is 7.97. The molecular weight excluding hydrogens is 700 g/mol. The fraction of sp³-hybridized carbons (Fsp3) is 0.387. The molecule has 0 saturated carbocycles. The van der Waals surface area contributed by atoms with E-state index in [1.54, 1.807) is 6.07 Å². The van der Waals surface area contributed by atoms with Crippen LogP contribution < -0.4 is 4.74 Å². The highest BCUT2D eigenvalue weighted by atomic mass is 32.2. The van der Waals surface area contributed by atoms with Crippen molar-refractivity contribution >= 4 is 27.0 Å². The smallest absolute Gasteiger partial charge is 0.421 e. The second-order valence-electron chi connectivity index (χ2n) is 12.1. The first-order chi connectivity index (χ1) is 21.8. The number of carbonyl (C=O) groups is 1. The summed E-state index contributed by atoms with van der Waals surface area (Å²) < 4.78 is 154. The molecule has 3 aromatic rings. The third-order valence-corrected chi connectivity index (χ3v) is 10.7. The Balaban J connectivity index is 1.73. The molecular formula is C31H29F8O7S2+. The summed E-state index contributed by atoms with van der Waals surface area (Å²) in [6.07, 6.45) is -11.4. The van der Waals surface area contributed by atoms with Crippen molar-refractivity contribution in [3.63, 3.8) is 0 Å². The van der Waals surface area contributed by atoms with Crippen LogP contribution in [0.1, 0.15) is 38.8 Å². The molecule has 48 heavy (non-hydrogen) atoms. The Bertz CT molecular complexity index is 1730. The van der Waals surface area contributed by atoms with E-state index in [4.69, 9.17) is 14.0 Å². The zero-order valence-electron chi connectivity index (χ0n) is 25.6. The van der Waals surface area contributed by atoms with Gasteiger partial charge in [-0.1, -0.05) is 45.0 Å². The molecule has 262 valence electrons. The summed E-state index contributed by atoms with van der Waals surface area (Å²) in [7, 11) is -7.18. The molecule has 0 amide bonds. The molecule has 17 heteroatoms. The van der Waals surface area contributed by atoms with Gasteiger partial charge in [-0.2, -0.15) is 43.5 Å². The number of halogens is 8. The molecule has 0 bridgehead atoms. The molecule has 1 N–H and O–H groups in total. The van der Waals surface area contributed by atoms with Gasteiger partial charge in [-0.15, -0.1) is 0 Å². The zero-order valence-corrected chi connectivity index (χ0v) is 27.2. The Morgan fingerprint density at radius 2 is 1.27 bits per heavy atom. The molecule has 1 heterocycles. The van der Waals surface area contributed by atoms with E-state index in [0.717, 1.165) is 17.7 Å². The summed E-state index contributed by atoms with van der Waals surface area (Å²) in [4.78, 5) is 13.4. The van der Waals surface area contributed by atoms with Crippen molar-refractivity contribution < 1.29 is 67.1 Å². The van der Waals surface area contributed by atoms with E-state index in [2.05, 4.69) is 4.74 Å². The molecule has 0 aromatic heterocycles. The van der Waals surface area contributed by atoms with Crippen molar-refractivity contribution in [1.82, 2.24) is 0 Å². The minimum absolute atomic E-state index is 0.111. The standard InChI is InChI=1S/C31H28F8O7S2/c1-26(2,3)19-8-12-22(13-9-19)47(23-14-10-21(11-15-23)46-25(40)29(32,33)48(41,42)43)24-7-5-6-20(16-24)27(4)44-17-28(18-45-27,30(34,35)36)31(37,38)39/h5-16H,17-18H2,1-4H3/p+1. The van der Waals surface area contributed by atoms with Crippen LogP contribution in [-0.4, -0.2) is 49.8 Å². The predicted molar refractivity (Wildman–Crippen MR) is 156 cm³/mol. The average Bonchev–Trinajstić information content (AvgIpc) is 2.97. The molecule has 1 unspecified atom stereocenters. The van der Waals surface area contributed by atoms with Gasteiger partial charge < -0.3 is 14.2 Å². The lowest BCUT2D eigenvalue weighted by molar-refractivity contribution is -0.422. The number of esters is 1. The number of hydrogen-bond donors (Lipinski definition) is 1. The maximum absolute atomic E-state index is 13.7. The first kappa shape index (κ1) is 37.6. The average molecular weight is 730 g/mol. The fourth-order valence-corrected chi connectivity index (χ4v) is 6.92. The molecule has 1 atom stereocenters. The van der Waals surface area contributed by atoms with Crippen LogP contribution >= 0.6 is 0 Å². The third-order valence-electron chi connectivity index (χ3n) is 7.66. The van der Waals surface area contributed by atoms with Crippen LogP contribution in [0.25, 0.3) is 0 Å². The topological polar surface area (TPSA) is 99.1 Å². The van der Waals surface area contributed by atoms with Crippen molar-refractivity contribution in [1.29, 1.82) is 0 Å². The minimum Gasteiger partial charge on any atom is -0.421 e. The quantitative estimate of drug-likeness (QED) is 0.0872. The number of hydrogen-bond acceptors (Lipinski definition) is 6. The van der Waals surface area contributed by atoms with Crippen molar-refractivity contribution in [2.45, 2.75) is 71.2 Å². The number of ether oxygens (including phenoxy) is 3. The van der Waals surface area contributed by atoms with Gasteiger partial charge in [0.2, 0.25) is 5.41 Å². The number of alkyl halides is 8. The highest BCUT2D eigenvalue weighted by Gasteiger charge is 2.73. The van der Waals surface area contributed by atoms with Gasteiger partial charge >= 0.3 is 33.7 Å². The lowest BCUT2D eigenvalue weighted by Gasteiger charge is -2.45. The van der Waals surface area contributed by atoms with E-state index >= 15 is 0 Å². The Labute approximate surface area is 273 Å². The molecule has 0 radical (unpaired) electrons. The second kappa shape index (κ2) is 12.6. The summed E-state index contributed by atoms with van der Waals surface area (Å²) in [5.41, 5.74) is -3.37. The van der Waals surface area contributed by atoms with E-state index in [1.807, 2.05) is 45.0 Å². The van der Waals surface area contributed by atoms with Crippen LogP contribution in [0.2, 0.25) is 0 Å². The van der Waals surface area contributed by atoms with Crippen LogP contribution in [0.5, 0.6) is 5.75 Å². The van der Waals surface area contributed by atoms with E-state index < -0.39 is 74.8 Å². The van der Waals surface area contributed by atoms with E-state index in [9.17, 15) is 48.3 Å². The SMILES string of the molecule is CC(C)(C)c1ccc([S+](c2ccc(OC(=O)C(F)(F)S(=O)(=O)O)cc2)c2cccc(C3(C)OCC(C(F)(F)F)(C(F)(F)F)CO3)c2)cc1. The molecule has 3 aromatic carbocycles. The number of rotatable bonds is 7. The lowest BCUT2D eigenvalue weighted by Crippen LogP contribution is -2.61. The first-order valence-corrected chi connectivity index (χ1v) is 16.5. The third kappa shape index (κ3) is 7.20. The Morgan fingerprint density at radius 1 is 0.792 bits per heavy atom. The van der Waals surface area contributed by atoms with Gasteiger partial charge in [0.25, 0.3) is 0 Å². The van der Waals surface area contributed by atoms with Gasteiger partial charge in [-0.3, -0.25) is 4.55 Å². The van der Waals surface area contributed by atoms with Crippen molar-refractivity contribution in [2.75, 3.05) is 13.2 Å². The maximum Gasteiger partial charge on any atom is 0.466 e. The van der Waals surface area contributed by atoms with Gasteiger partial charge in [0, 0.05) is 11.6 Å². The predicted octanol–water partition coefficient (Wildman–Crippen LogP) is 7.80. The zero-order chi connectivity index (χ0) is 36.1. The van der Waals surface area contributed by atoms with Crippen molar-refractivity contribution in [3.8, 4) is 5.75 Å². The molecule has 0 spiro atoms. The number of benzene rings is 3. The van der Waals surface area contributed by atoms with Crippen LogP contribution in [-0.2, 0) is 46.5 Å². The van der Waals surface area contributed by atoms with Gasteiger partial charge in [-0.25, -0.2) is 4.79 Å². The van der Waals surface area contributed by atoms with Gasteiger partial charge in [-0.05, 0) is 60.4 Å². The fourth-order valence-electron chi connectivity index (χ4n) is 4.58. The summed E-state index contributed by atoms with van der Waals surface area (Å²) in [6.45, 7) is 3.70. The molecule has 1 aliphatic heterocycles. The normalized spacial score (nSPS) is 17.9. The molecule has 4 rings (SSSR count). The van der Waals surface area contributed by atoms with Gasteiger partial charge in [0.1, 0.15) is 5.75 Å². The summed E-state index contributed by atoms with van der Waals surface area (Å²) in [5, 5.41) is -5.23. The lowest BCUT2D eigenvalue weighted by atomic mass is 9.86. The van der Waals surface area contributed by atoms with Crippen LogP contribution in [0.4, 0.5) is 35.1 Å². The van der Waals surface area contributed by atoms with Crippen LogP contribution in [0.15, 0.2) is 87.5 Å². The molecule has 1 fully saturated rings. The van der Waals surface area contributed by atoms with Crippen LogP contribution in [0.3, 0.4) is 0 Å². The van der Waals surface area contributed by atoms with E-state index in [0.29, 0.717) is 14.7 Å². The molecule has 1 saturated heterocycles. The van der Waals surface area contributed by atoms with Gasteiger partial charge in [0.15, 0.2) is 20.5 Å². The molecule has 1 aliphatic rings. The molecule has 7 nitrogen and oxygen atoms in total. The van der Waals surface area contributed by atoms with E-state index in [1.165, 1.54) is 37.3 Å². The number of carbonyl (C=O) groups excluding carboxylic acids is 1. The van der Waals surface area contributed by atoms with Gasteiger partial charge in [0.05, 0.1) is 24.1 Å². The Morgan fingerprint density at radius 3 is 1.71 bits per heavy atom. The largest absolute Gasteiger partial charge is 0.466 e. The summed E-state index contributed by atoms with van der Waals surface area (Å²) in [6, 6.07) is 18.4. The van der Waals surface area contributed by atoms with Crippen molar-refractivity contribution in [3.05, 3.63) is 83.9 Å². The molecule has 0 aliphatic carbocycles. The minimum atomic E-state index is -6.11. The monoisotopic (exact) mass is 729 g/mol. The Hall–Kier alpha value is -3.25. The highest BCUT2D eigenvalue weighted by Crippen LogP contribution is 2.54. The summed E-state index contributed by atoms with van der Waals surface area (Å²) >= 11 is 0. The second-order valence-corrected chi connectivity index (χ2v) is 15.6. The van der Waals surface area contributed by atoms with E-state index in [-0.39, 0.29) is 11.0 Å². The first-order valence-electron chi connectivity index (χ1n) is 13.9. The van der Waals surface area contributed by atoms with Crippen molar-refractivity contribution in [2.24, 2.45) is 5.41 Å². The summed E-state index contributed by atoms with van der Waals surface area (Å²) in [5.74, 6) is -5.03. The Kier molecular flexibility index (Phi) is 9.84. The van der Waals surface area contributed by atoms with Crippen LogP contribution in [0, 0.1) is 5.41 Å². The maximum atomic E-state index is 13.7.